The lowest BCUT2D eigenvalue weighted by molar-refractivity contribution is -0.156. The molecular formula is C29H25BrF5N3O3S. The van der Waals surface area contributed by atoms with E-state index < -0.39 is 63.3 Å². The Bertz CT molecular complexity index is 1620. The fraction of sp³-hybridized carbons (Fsp3) is 0.241. The number of allylic oxidation sites excluding steroid dienone is 1. The summed E-state index contributed by atoms with van der Waals surface area (Å²) in [5.41, 5.74) is 0.134. The Morgan fingerprint density at radius 3 is 1.88 bits per heavy atom. The number of hydrogen-bond acceptors (Lipinski definition) is 5. The second-order valence-corrected chi connectivity index (χ2v) is 12.6. The number of sulfone groups is 1. The number of hydrogen-bond donors (Lipinski definition) is 2. The van der Waals surface area contributed by atoms with Crippen molar-refractivity contribution >= 4 is 31.7 Å². The van der Waals surface area contributed by atoms with Crippen LogP contribution in [0.1, 0.15) is 31.0 Å². The molecule has 1 amide bonds. The summed E-state index contributed by atoms with van der Waals surface area (Å²) in [5.74, 6) is -2.97. The van der Waals surface area contributed by atoms with Crippen LogP contribution in [0.15, 0.2) is 81.3 Å². The summed E-state index contributed by atoms with van der Waals surface area (Å²) < 4.78 is 94.6. The van der Waals surface area contributed by atoms with Gasteiger partial charge in [0.15, 0.2) is 9.84 Å². The maximum absolute atomic E-state index is 14.3. The number of nitrogens with zero attached hydrogens (tertiary/aromatic N) is 1. The Hall–Kier alpha value is -3.76. The van der Waals surface area contributed by atoms with Gasteiger partial charge in [-0.05, 0) is 60.4 Å². The highest BCUT2D eigenvalue weighted by Crippen LogP contribution is 2.35. The van der Waals surface area contributed by atoms with Gasteiger partial charge in [0.05, 0.1) is 16.7 Å². The number of carbonyl (C=O) groups excluding carboxylic acids is 1. The quantitative estimate of drug-likeness (QED) is 0.199. The zero-order chi connectivity index (χ0) is 31.4. The van der Waals surface area contributed by atoms with Crippen molar-refractivity contribution in [2.45, 2.75) is 43.4 Å². The summed E-state index contributed by atoms with van der Waals surface area (Å²) >= 11 is 2.95. The number of carbonyl (C=O) groups is 1. The minimum atomic E-state index is -4.85. The van der Waals surface area contributed by atoms with Crippen molar-refractivity contribution in [2.75, 3.05) is 6.26 Å². The zero-order valence-corrected chi connectivity index (χ0v) is 24.9. The van der Waals surface area contributed by atoms with Crippen molar-refractivity contribution in [2.24, 2.45) is 0 Å². The van der Waals surface area contributed by atoms with E-state index in [0.29, 0.717) is 11.1 Å². The fourth-order valence-corrected chi connectivity index (χ4v) is 5.06. The van der Waals surface area contributed by atoms with Gasteiger partial charge >= 0.3 is 6.18 Å². The number of benzene rings is 3. The lowest BCUT2D eigenvalue weighted by Crippen LogP contribution is -2.43. The van der Waals surface area contributed by atoms with Gasteiger partial charge in [-0.2, -0.15) is 18.4 Å². The van der Waals surface area contributed by atoms with E-state index in [4.69, 9.17) is 0 Å². The molecule has 0 radical (unpaired) electrons. The third kappa shape index (κ3) is 8.17. The van der Waals surface area contributed by atoms with Crippen LogP contribution in [0.25, 0.3) is 11.1 Å². The minimum absolute atomic E-state index is 0.0995. The molecule has 0 aliphatic heterocycles. The molecule has 13 heteroatoms. The first kappa shape index (κ1) is 32.8. The molecule has 0 unspecified atom stereocenters. The van der Waals surface area contributed by atoms with E-state index in [1.165, 1.54) is 62.4 Å². The van der Waals surface area contributed by atoms with Gasteiger partial charge in [-0.15, -0.1) is 0 Å². The molecule has 0 saturated carbocycles. The normalized spacial score (nSPS) is 13.0. The Morgan fingerprint density at radius 1 is 0.952 bits per heavy atom. The van der Waals surface area contributed by atoms with Crippen LogP contribution in [0.5, 0.6) is 0 Å². The van der Waals surface area contributed by atoms with Crippen LogP contribution in [0.4, 0.5) is 22.0 Å². The summed E-state index contributed by atoms with van der Waals surface area (Å²) in [7, 11) is -3.42. The van der Waals surface area contributed by atoms with Crippen molar-refractivity contribution in [3.63, 3.8) is 0 Å². The third-order valence-corrected chi connectivity index (χ3v) is 7.76. The molecule has 222 valence electrons. The van der Waals surface area contributed by atoms with E-state index in [1.54, 1.807) is 6.07 Å². The van der Waals surface area contributed by atoms with E-state index in [2.05, 4.69) is 26.6 Å². The SMILES string of the molecule is CC(C)=C(N[C@@H](c1ccc(-c2ccc(S(C)(=O)=O)cc2)cc1)C(F)(F)F)C(=O)N[C@H](C#N)Cc1c(F)cc(Br)cc1F. The van der Waals surface area contributed by atoms with Crippen LogP contribution in [0, 0.1) is 23.0 Å². The number of nitriles is 1. The lowest BCUT2D eigenvalue weighted by atomic mass is 10.00. The second-order valence-electron chi connectivity index (χ2n) is 9.62. The first-order valence-electron chi connectivity index (χ1n) is 12.3. The van der Waals surface area contributed by atoms with Gasteiger partial charge < -0.3 is 10.6 Å². The van der Waals surface area contributed by atoms with E-state index in [1.807, 2.05) is 0 Å². The molecule has 3 rings (SSSR count). The Labute approximate surface area is 248 Å². The van der Waals surface area contributed by atoms with Gasteiger partial charge in [0.2, 0.25) is 0 Å². The number of halogens is 6. The van der Waals surface area contributed by atoms with Gasteiger partial charge in [-0.1, -0.05) is 52.3 Å². The van der Waals surface area contributed by atoms with Crippen molar-refractivity contribution in [3.8, 4) is 17.2 Å². The van der Waals surface area contributed by atoms with Gasteiger partial charge in [-0.3, -0.25) is 4.79 Å². The molecule has 3 aromatic carbocycles. The van der Waals surface area contributed by atoms with E-state index in [9.17, 15) is 40.4 Å². The minimum Gasteiger partial charge on any atom is -0.366 e. The Morgan fingerprint density at radius 2 is 1.45 bits per heavy atom. The highest BCUT2D eigenvalue weighted by molar-refractivity contribution is 9.10. The van der Waals surface area contributed by atoms with E-state index in [0.717, 1.165) is 18.4 Å². The predicted octanol–water partition coefficient (Wildman–Crippen LogP) is 6.54. The molecular weight excluding hydrogens is 645 g/mol. The molecule has 2 N–H and O–H groups in total. The molecule has 0 bridgehead atoms. The van der Waals surface area contributed by atoms with Gasteiger partial charge in [0, 0.05) is 22.7 Å². The average Bonchev–Trinajstić information content (AvgIpc) is 2.89. The molecule has 6 nitrogen and oxygen atoms in total. The highest BCUT2D eigenvalue weighted by atomic mass is 79.9. The molecule has 42 heavy (non-hydrogen) atoms. The summed E-state index contributed by atoms with van der Waals surface area (Å²) in [4.78, 5) is 13.1. The Balaban J connectivity index is 1.84. The molecule has 0 aliphatic rings. The van der Waals surface area contributed by atoms with Crippen molar-refractivity contribution in [3.05, 3.63) is 99.2 Å². The third-order valence-electron chi connectivity index (χ3n) is 6.18. The zero-order valence-electron chi connectivity index (χ0n) is 22.5. The number of nitrogens with one attached hydrogen (secondary N) is 2. The van der Waals surface area contributed by atoms with Crippen molar-refractivity contribution < 1.29 is 35.2 Å². The molecule has 0 spiro atoms. The summed E-state index contributed by atoms with van der Waals surface area (Å²) in [6.07, 6.45) is -4.35. The monoisotopic (exact) mass is 669 g/mol. The van der Waals surface area contributed by atoms with Gasteiger partial charge in [0.1, 0.15) is 23.7 Å². The van der Waals surface area contributed by atoms with Gasteiger partial charge in [-0.25, -0.2) is 17.2 Å². The van der Waals surface area contributed by atoms with Crippen LogP contribution in [-0.2, 0) is 21.1 Å². The molecule has 3 aromatic rings. The molecule has 0 heterocycles. The molecule has 0 aromatic heterocycles. The second kappa shape index (κ2) is 13.0. The molecule has 0 aliphatic carbocycles. The van der Waals surface area contributed by atoms with Crippen LogP contribution in [0.2, 0.25) is 0 Å². The molecule has 0 fully saturated rings. The first-order chi connectivity index (χ1) is 19.5. The van der Waals surface area contributed by atoms with Crippen LogP contribution in [-0.4, -0.2) is 32.8 Å². The smallest absolute Gasteiger partial charge is 0.366 e. The largest absolute Gasteiger partial charge is 0.412 e. The summed E-state index contributed by atoms with van der Waals surface area (Å²) in [5, 5.41) is 14.0. The standard InChI is InChI=1S/C29H25BrF5N3O3S/c1-16(2)26(28(39)37-21(15-36)14-23-24(31)12-20(30)13-25(23)32)38-27(29(33,34)35)19-6-4-17(5-7-19)18-8-10-22(11-9-18)42(3,40)41/h4-13,21,27,38H,14H2,1-3H3,(H,37,39)/t21-,27-/m0/s1. The summed E-state index contributed by atoms with van der Waals surface area (Å²) in [6, 6.07) is 11.1. The maximum Gasteiger partial charge on any atom is 0.412 e. The van der Waals surface area contributed by atoms with Gasteiger partial charge in [0.25, 0.3) is 5.91 Å². The topological polar surface area (TPSA) is 99.1 Å². The first-order valence-corrected chi connectivity index (χ1v) is 14.9. The van der Waals surface area contributed by atoms with Crippen LogP contribution in [0.3, 0.4) is 0 Å². The van der Waals surface area contributed by atoms with Crippen LogP contribution < -0.4 is 10.6 Å². The highest BCUT2D eigenvalue weighted by Gasteiger charge is 2.42. The number of amides is 1. The van der Waals surface area contributed by atoms with Crippen LogP contribution >= 0.6 is 15.9 Å². The average molecular weight is 670 g/mol. The number of alkyl halides is 3. The fourth-order valence-electron chi connectivity index (χ4n) is 4.03. The van der Waals surface area contributed by atoms with E-state index >= 15 is 0 Å². The van der Waals surface area contributed by atoms with Crippen molar-refractivity contribution in [1.82, 2.24) is 10.6 Å². The summed E-state index contributed by atoms with van der Waals surface area (Å²) in [6.45, 7) is 2.79. The van der Waals surface area contributed by atoms with Crippen molar-refractivity contribution in [1.29, 1.82) is 5.26 Å². The molecule has 0 saturated heterocycles. The lowest BCUT2D eigenvalue weighted by Gasteiger charge is -2.26. The van der Waals surface area contributed by atoms with E-state index in [-0.39, 0.29) is 20.5 Å². The number of rotatable bonds is 9. The maximum atomic E-state index is 14.3. The Kier molecular flexibility index (Phi) is 10.2. The predicted molar refractivity (Wildman–Crippen MR) is 151 cm³/mol. The molecule has 2 atom stereocenters.